The van der Waals surface area contributed by atoms with Crippen LogP contribution in [0.1, 0.15) is 0 Å². The molecule has 0 saturated heterocycles. The molecule has 12 heavy (non-hydrogen) atoms. The van der Waals surface area contributed by atoms with E-state index in [0.717, 1.165) is 0 Å². The van der Waals surface area contributed by atoms with Crippen LogP contribution in [0.25, 0.3) is 0 Å². The molecule has 0 bridgehead atoms. The molecular weight excluding hydrogens is 190 g/mol. The predicted octanol–water partition coefficient (Wildman–Crippen LogP) is -2.18. The number of nitrogens with zero attached hydrogens (tertiary/aromatic N) is 3. The zero-order valence-electron chi connectivity index (χ0n) is 5.60. The summed E-state index contributed by atoms with van der Waals surface area (Å²) in [6.07, 6.45) is 2.49. The van der Waals surface area contributed by atoms with Crippen LogP contribution in [-0.4, -0.2) is 28.8 Å². The molecule has 8 nitrogen and oxygen atoms in total. The van der Waals surface area contributed by atoms with Crippen LogP contribution in [0.5, 0.6) is 0 Å². The van der Waals surface area contributed by atoms with Crippen LogP contribution in [0.2, 0.25) is 0 Å². The van der Waals surface area contributed by atoms with E-state index in [1.165, 1.54) is 18.5 Å². The summed E-state index contributed by atoms with van der Waals surface area (Å²) >= 11 is 0. The van der Waals surface area contributed by atoms with E-state index < -0.39 is 10.4 Å². The van der Waals surface area contributed by atoms with Gasteiger partial charge in [0.05, 0.1) is 9.94 Å². The number of aromatic nitrogens is 3. The highest BCUT2D eigenvalue weighted by Crippen LogP contribution is 1.71. The van der Waals surface area contributed by atoms with Crippen molar-refractivity contribution in [2.24, 2.45) is 0 Å². The molecule has 0 atom stereocenters. The minimum atomic E-state index is -4.52. The second kappa shape index (κ2) is 3.90. The van der Waals surface area contributed by atoms with Gasteiger partial charge in [-0.3, -0.25) is 4.55 Å². The van der Waals surface area contributed by atoms with Crippen molar-refractivity contribution < 1.29 is 27.6 Å². The molecule has 2 N–H and O–H groups in total. The summed E-state index contributed by atoms with van der Waals surface area (Å²) in [7, 11) is -4.52. The van der Waals surface area contributed by atoms with E-state index in [2.05, 4.69) is 14.6 Å². The molecule has 0 spiro atoms. The zero-order chi connectivity index (χ0) is 8.32. The normalized spacial score (nSPS) is 10.1. The molecular formula is C3H5N3O5S. The van der Waals surface area contributed by atoms with Crippen molar-refractivity contribution in [3.8, 4) is 0 Å². The Bertz CT molecular complexity index is 323. The molecule has 1 heterocycles. The molecule has 0 aliphatic heterocycles. The third kappa shape index (κ3) is 3.75. The van der Waals surface area contributed by atoms with Crippen molar-refractivity contribution in [2.45, 2.75) is 0 Å². The van der Waals surface area contributed by atoms with Gasteiger partial charge in [0.2, 0.25) is 0 Å². The second-order valence-corrected chi connectivity index (χ2v) is 2.50. The Balaban J connectivity index is 0.00000121. The zero-order valence-corrected chi connectivity index (χ0v) is 6.42. The van der Waals surface area contributed by atoms with Crippen molar-refractivity contribution in [1.29, 1.82) is 0 Å². The van der Waals surface area contributed by atoms with E-state index in [9.17, 15) is 8.42 Å². The highest BCUT2D eigenvalue weighted by Gasteiger charge is 2.10. The fraction of sp³-hybridized carbons (Fsp3) is 0. The molecule has 1 aromatic heterocycles. The van der Waals surface area contributed by atoms with Crippen LogP contribution in [-0.2, 0) is 10.4 Å². The molecule has 0 aromatic carbocycles. The van der Waals surface area contributed by atoms with Gasteiger partial charge in [-0.1, -0.05) is 0 Å². The largest absolute Gasteiger partial charge is 0.870 e. The SMILES string of the molecule is O=S(=O)(O)O[n+]1cccnn1.[OH-]. The summed E-state index contributed by atoms with van der Waals surface area (Å²) in [6, 6.07) is 1.39. The van der Waals surface area contributed by atoms with E-state index in [1.807, 2.05) is 0 Å². The molecule has 1 aromatic rings. The van der Waals surface area contributed by atoms with Crippen molar-refractivity contribution in [2.75, 3.05) is 0 Å². The lowest BCUT2D eigenvalue weighted by Gasteiger charge is -1.89. The maximum atomic E-state index is 10.0. The fourth-order valence-corrected chi connectivity index (χ4v) is 0.670. The standard InChI is InChI=1S/C3H3N3O4S.H2O/c7-11(8,9)10-6-3-1-2-4-5-6;/h1-3H;1H2. The van der Waals surface area contributed by atoms with Gasteiger partial charge >= 0.3 is 10.4 Å². The minimum Gasteiger partial charge on any atom is -0.870 e. The lowest BCUT2D eigenvalue weighted by atomic mass is 10.7. The van der Waals surface area contributed by atoms with Gasteiger partial charge < -0.3 is 5.48 Å². The summed E-state index contributed by atoms with van der Waals surface area (Å²) in [6.45, 7) is 0. The Kier molecular flexibility index (Phi) is 3.47. The second-order valence-electron chi connectivity index (χ2n) is 1.50. The molecule has 0 amide bonds. The van der Waals surface area contributed by atoms with E-state index in [0.29, 0.717) is 4.85 Å². The molecule has 9 heteroatoms. The molecule has 0 radical (unpaired) electrons. The quantitative estimate of drug-likeness (QED) is 0.420. The fourth-order valence-electron chi connectivity index (χ4n) is 0.397. The Morgan fingerprint density at radius 2 is 2.17 bits per heavy atom. The number of rotatable bonds is 2. The van der Waals surface area contributed by atoms with Gasteiger partial charge in [-0.15, -0.1) is 0 Å². The first-order valence-electron chi connectivity index (χ1n) is 2.45. The molecule has 0 aliphatic carbocycles. The predicted molar refractivity (Wildman–Crippen MR) is 32.3 cm³/mol. The number of hydrogen-bond acceptors (Lipinski definition) is 6. The topological polar surface area (TPSA) is 123 Å². The smallest absolute Gasteiger partial charge is 0.483 e. The van der Waals surface area contributed by atoms with Gasteiger partial charge in [0.1, 0.15) is 0 Å². The average Bonchev–Trinajstić information content (AvgIpc) is 1.85. The van der Waals surface area contributed by atoms with Crippen LogP contribution in [0, 0.1) is 0 Å². The van der Waals surface area contributed by atoms with Crippen LogP contribution in [0.4, 0.5) is 0 Å². The lowest BCUT2D eigenvalue weighted by molar-refractivity contribution is -0.907. The molecule has 0 aliphatic rings. The molecule has 68 valence electrons. The van der Waals surface area contributed by atoms with Crippen molar-refractivity contribution in [1.82, 2.24) is 10.3 Å². The van der Waals surface area contributed by atoms with Crippen molar-refractivity contribution in [3.05, 3.63) is 18.5 Å². The summed E-state index contributed by atoms with van der Waals surface area (Å²) < 4.78 is 32.1. The first-order chi connectivity index (χ1) is 5.08. The summed E-state index contributed by atoms with van der Waals surface area (Å²) in [5.74, 6) is 0. The molecule has 0 unspecified atom stereocenters. The van der Waals surface area contributed by atoms with E-state index >= 15 is 0 Å². The maximum Gasteiger partial charge on any atom is 0.483 e. The summed E-state index contributed by atoms with van der Waals surface area (Å²) in [5.41, 5.74) is 0. The van der Waals surface area contributed by atoms with E-state index in [-0.39, 0.29) is 5.48 Å². The Hall–Kier alpha value is -1.32. The Morgan fingerprint density at radius 3 is 2.58 bits per heavy atom. The van der Waals surface area contributed by atoms with E-state index in [4.69, 9.17) is 4.55 Å². The highest BCUT2D eigenvalue weighted by molar-refractivity contribution is 7.80. The first kappa shape index (κ1) is 10.7. The number of hydrogen-bond donors (Lipinski definition) is 1. The monoisotopic (exact) mass is 195 g/mol. The van der Waals surface area contributed by atoms with Gasteiger partial charge in [-0.2, -0.15) is 12.7 Å². The van der Waals surface area contributed by atoms with Crippen LogP contribution in [0.3, 0.4) is 0 Å². The van der Waals surface area contributed by atoms with E-state index in [1.54, 1.807) is 0 Å². The van der Waals surface area contributed by atoms with Crippen LogP contribution in [0.15, 0.2) is 18.5 Å². The van der Waals surface area contributed by atoms with Crippen LogP contribution < -0.4 is 9.13 Å². The van der Waals surface area contributed by atoms with Crippen molar-refractivity contribution >= 4 is 10.4 Å². The summed E-state index contributed by atoms with van der Waals surface area (Å²) in [5, 5.41) is 6.45. The maximum absolute atomic E-state index is 10.0. The van der Waals surface area contributed by atoms with Gasteiger partial charge in [0.15, 0.2) is 17.6 Å². The lowest BCUT2D eigenvalue weighted by Crippen LogP contribution is -2.48. The third-order valence-corrected chi connectivity index (χ3v) is 1.02. The average molecular weight is 195 g/mol. The minimum absolute atomic E-state index is 0. The Labute approximate surface area is 67.6 Å². The third-order valence-electron chi connectivity index (χ3n) is 0.677. The van der Waals surface area contributed by atoms with Gasteiger partial charge in [-0.25, -0.2) is 0 Å². The summed E-state index contributed by atoms with van der Waals surface area (Å²) in [4.78, 5) is 0.509. The van der Waals surface area contributed by atoms with Gasteiger partial charge in [-0.05, 0) is 0 Å². The van der Waals surface area contributed by atoms with Gasteiger partial charge in [0.25, 0.3) is 0 Å². The Morgan fingerprint density at radius 1 is 1.50 bits per heavy atom. The van der Waals surface area contributed by atoms with Crippen molar-refractivity contribution in [3.63, 3.8) is 0 Å². The molecule has 0 saturated carbocycles. The molecule has 0 fully saturated rings. The molecule has 1 rings (SSSR count). The van der Waals surface area contributed by atoms with Gasteiger partial charge in [0, 0.05) is 6.07 Å². The first-order valence-corrected chi connectivity index (χ1v) is 3.81. The highest BCUT2D eigenvalue weighted by atomic mass is 32.3. The van der Waals surface area contributed by atoms with Crippen LogP contribution >= 0.6 is 0 Å².